The quantitative estimate of drug-likeness (QED) is 0.818. The number of aromatic nitrogens is 2. The van der Waals surface area contributed by atoms with E-state index in [2.05, 4.69) is 9.55 Å². The van der Waals surface area contributed by atoms with Crippen LogP contribution in [0.1, 0.15) is 11.3 Å². The summed E-state index contributed by atoms with van der Waals surface area (Å²) in [7, 11) is 0. The highest BCUT2D eigenvalue weighted by Crippen LogP contribution is 2.03. The molecule has 1 N–H and O–H groups in total. The van der Waals surface area contributed by atoms with Crippen molar-refractivity contribution in [2.45, 2.75) is 19.6 Å². The summed E-state index contributed by atoms with van der Waals surface area (Å²) in [6.45, 7) is 1.01. The van der Waals surface area contributed by atoms with E-state index in [9.17, 15) is 0 Å². The summed E-state index contributed by atoms with van der Waals surface area (Å²) in [5.74, 6) is 0. The van der Waals surface area contributed by atoms with E-state index < -0.39 is 0 Å². The second-order valence-electron chi connectivity index (χ2n) is 3.49. The molecule has 0 aromatic carbocycles. The van der Waals surface area contributed by atoms with Crippen LogP contribution in [0.4, 0.5) is 0 Å². The number of hydrogen-bond acceptors (Lipinski definition) is 2. The Morgan fingerprint density at radius 2 is 2.20 bits per heavy atom. The number of aliphatic hydroxyl groups is 1. The zero-order valence-corrected chi connectivity index (χ0v) is 8.50. The number of aliphatic hydroxyl groups excluding tert-OH is 1. The predicted octanol–water partition coefficient (Wildman–Crippen LogP) is 1.62. The Hall–Kier alpha value is -1.61. The fraction of sp³-hybridized carbons (Fsp3) is 0.250. The van der Waals surface area contributed by atoms with Gasteiger partial charge in [0.25, 0.3) is 0 Å². The minimum absolute atomic E-state index is 0.108. The van der Waals surface area contributed by atoms with Crippen molar-refractivity contribution in [3.63, 3.8) is 0 Å². The van der Waals surface area contributed by atoms with E-state index in [0.717, 1.165) is 24.2 Å². The highest BCUT2D eigenvalue weighted by atomic mass is 16.3. The van der Waals surface area contributed by atoms with Crippen LogP contribution in [-0.2, 0) is 19.6 Å². The van der Waals surface area contributed by atoms with Crippen LogP contribution in [0, 0.1) is 0 Å². The first-order chi connectivity index (χ1) is 7.38. The van der Waals surface area contributed by atoms with Crippen molar-refractivity contribution < 1.29 is 5.11 Å². The Kier molecular flexibility index (Phi) is 3.15. The van der Waals surface area contributed by atoms with Crippen LogP contribution in [0.3, 0.4) is 0 Å². The Morgan fingerprint density at radius 3 is 2.87 bits per heavy atom. The minimum atomic E-state index is 0.108. The molecule has 78 valence electrons. The van der Waals surface area contributed by atoms with Crippen molar-refractivity contribution in [2.24, 2.45) is 0 Å². The molecular weight excluding hydrogens is 188 g/mol. The van der Waals surface area contributed by atoms with Gasteiger partial charge in [-0.25, -0.2) is 0 Å². The third-order valence-corrected chi connectivity index (χ3v) is 2.35. The SMILES string of the molecule is OCc1ccn(CCc2ccccn2)c1. The van der Waals surface area contributed by atoms with Gasteiger partial charge in [-0.1, -0.05) is 6.07 Å². The lowest BCUT2D eigenvalue weighted by Gasteiger charge is -2.01. The van der Waals surface area contributed by atoms with E-state index in [4.69, 9.17) is 5.11 Å². The standard InChI is InChI=1S/C12H14N2O/c15-10-11-4-7-14(9-11)8-5-12-3-1-2-6-13-12/h1-4,6-7,9,15H,5,8,10H2. The molecule has 0 fully saturated rings. The van der Waals surface area contributed by atoms with Crippen LogP contribution >= 0.6 is 0 Å². The van der Waals surface area contributed by atoms with Gasteiger partial charge in [0, 0.05) is 37.3 Å². The van der Waals surface area contributed by atoms with Gasteiger partial charge in [0.15, 0.2) is 0 Å². The number of nitrogens with zero attached hydrogens (tertiary/aromatic N) is 2. The summed E-state index contributed by atoms with van der Waals surface area (Å²) in [5, 5.41) is 8.91. The zero-order chi connectivity index (χ0) is 10.5. The second kappa shape index (κ2) is 4.75. The van der Waals surface area contributed by atoms with Crippen molar-refractivity contribution in [1.29, 1.82) is 0 Å². The molecule has 0 aliphatic carbocycles. The average molecular weight is 202 g/mol. The van der Waals surface area contributed by atoms with E-state index in [-0.39, 0.29) is 6.61 Å². The van der Waals surface area contributed by atoms with Crippen LogP contribution in [0.5, 0.6) is 0 Å². The molecule has 2 rings (SSSR count). The Morgan fingerprint density at radius 1 is 1.27 bits per heavy atom. The summed E-state index contributed by atoms with van der Waals surface area (Å²) in [5.41, 5.74) is 2.05. The lowest BCUT2D eigenvalue weighted by atomic mass is 10.3. The van der Waals surface area contributed by atoms with E-state index in [1.54, 1.807) is 0 Å². The van der Waals surface area contributed by atoms with Gasteiger partial charge < -0.3 is 9.67 Å². The predicted molar refractivity (Wildman–Crippen MR) is 58.3 cm³/mol. The second-order valence-corrected chi connectivity index (χ2v) is 3.49. The molecule has 0 unspecified atom stereocenters. The fourth-order valence-electron chi connectivity index (χ4n) is 1.51. The molecule has 0 saturated heterocycles. The number of rotatable bonds is 4. The topological polar surface area (TPSA) is 38.0 Å². The van der Waals surface area contributed by atoms with Gasteiger partial charge in [0.05, 0.1) is 6.61 Å². The minimum Gasteiger partial charge on any atom is -0.392 e. The molecule has 0 spiro atoms. The molecule has 0 atom stereocenters. The normalized spacial score (nSPS) is 10.5. The van der Waals surface area contributed by atoms with Crippen molar-refractivity contribution in [3.05, 3.63) is 54.1 Å². The van der Waals surface area contributed by atoms with Crippen molar-refractivity contribution in [2.75, 3.05) is 0 Å². The van der Waals surface area contributed by atoms with Gasteiger partial charge >= 0.3 is 0 Å². The lowest BCUT2D eigenvalue weighted by molar-refractivity contribution is 0.281. The maximum atomic E-state index is 8.91. The third kappa shape index (κ3) is 2.67. The van der Waals surface area contributed by atoms with E-state index in [0.29, 0.717) is 0 Å². The van der Waals surface area contributed by atoms with Crippen LogP contribution in [0.2, 0.25) is 0 Å². The lowest BCUT2D eigenvalue weighted by Crippen LogP contribution is -1.99. The molecule has 0 aliphatic heterocycles. The number of hydrogen-bond donors (Lipinski definition) is 1. The van der Waals surface area contributed by atoms with Gasteiger partial charge in [-0.2, -0.15) is 0 Å². The summed E-state index contributed by atoms with van der Waals surface area (Å²) in [6, 6.07) is 7.87. The van der Waals surface area contributed by atoms with Crippen LogP contribution in [0.15, 0.2) is 42.9 Å². The van der Waals surface area contributed by atoms with Gasteiger partial charge in [-0.3, -0.25) is 4.98 Å². The molecule has 2 aromatic rings. The molecular formula is C12H14N2O. The first kappa shape index (κ1) is 9.93. The van der Waals surface area contributed by atoms with Crippen LogP contribution in [0.25, 0.3) is 0 Å². The van der Waals surface area contributed by atoms with E-state index >= 15 is 0 Å². The van der Waals surface area contributed by atoms with Gasteiger partial charge in [0.1, 0.15) is 0 Å². The highest BCUT2D eigenvalue weighted by molar-refractivity contribution is 5.09. The smallest absolute Gasteiger partial charge is 0.0696 e. The van der Waals surface area contributed by atoms with Crippen molar-refractivity contribution >= 4 is 0 Å². The maximum absolute atomic E-state index is 8.91. The van der Waals surface area contributed by atoms with Gasteiger partial charge in [-0.05, 0) is 23.8 Å². The number of aryl methyl sites for hydroxylation is 2. The highest BCUT2D eigenvalue weighted by Gasteiger charge is 1.96. The Labute approximate surface area is 89.0 Å². The summed E-state index contributed by atoms with van der Waals surface area (Å²) >= 11 is 0. The molecule has 3 heteroatoms. The molecule has 0 bridgehead atoms. The maximum Gasteiger partial charge on any atom is 0.0696 e. The number of pyridine rings is 1. The largest absolute Gasteiger partial charge is 0.392 e. The summed E-state index contributed by atoms with van der Waals surface area (Å²) in [4.78, 5) is 4.26. The zero-order valence-electron chi connectivity index (χ0n) is 8.50. The van der Waals surface area contributed by atoms with Gasteiger partial charge in [0.2, 0.25) is 0 Å². The molecule has 3 nitrogen and oxygen atoms in total. The van der Waals surface area contributed by atoms with Gasteiger partial charge in [-0.15, -0.1) is 0 Å². The first-order valence-electron chi connectivity index (χ1n) is 5.04. The average Bonchev–Trinajstić information content (AvgIpc) is 2.76. The van der Waals surface area contributed by atoms with Crippen LogP contribution in [-0.4, -0.2) is 14.7 Å². The van der Waals surface area contributed by atoms with Crippen molar-refractivity contribution in [1.82, 2.24) is 9.55 Å². The van der Waals surface area contributed by atoms with E-state index in [1.807, 2.05) is 42.9 Å². The molecule has 0 amide bonds. The summed E-state index contributed by atoms with van der Waals surface area (Å²) in [6.07, 6.45) is 6.67. The third-order valence-electron chi connectivity index (χ3n) is 2.35. The van der Waals surface area contributed by atoms with Crippen LogP contribution < -0.4 is 0 Å². The molecule has 0 saturated carbocycles. The summed E-state index contributed by atoms with van der Waals surface area (Å²) < 4.78 is 2.07. The molecule has 2 heterocycles. The van der Waals surface area contributed by atoms with Crippen molar-refractivity contribution in [3.8, 4) is 0 Å². The molecule has 0 radical (unpaired) electrons. The first-order valence-corrected chi connectivity index (χ1v) is 5.04. The Balaban J connectivity index is 1.93. The monoisotopic (exact) mass is 202 g/mol. The Bertz CT molecular complexity index is 409. The molecule has 2 aromatic heterocycles. The molecule has 15 heavy (non-hydrogen) atoms. The van der Waals surface area contributed by atoms with E-state index in [1.165, 1.54) is 0 Å². The molecule has 0 aliphatic rings. The fourth-order valence-corrected chi connectivity index (χ4v) is 1.51.